The molecule has 1 fully saturated rings. The van der Waals surface area contributed by atoms with E-state index in [1.165, 1.54) is 0 Å². The van der Waals surface area contributed by atoms with Crippen LogP contribution in [0.4, 0.5) is 5.69 Å². The number of carbonyl (C=O) groups is 2. The van der Waals surface area contributed by atoms with Crippen molar-refractivity contribution < 1.29 is 14.7 Å². The summed E-state index contributed by atoms with van der Waals surface area (Å²) in [6, 6.07) is 3.58. The second kappa shape index (κ2) is 6.03. The maximum absolute atomic E-state index is 12.1. The van der Waals surface area contributed by atoms with Gasteiger partial charge in [-0.3, -0.25) is 14.6 Å². The molecule has 5 heteroatoms. The van der Waals surface area contributed by atoms with Gasteiger partial charge in [-0.1, -0.05) is 19.3 Å². The van der Waals surface area contributed by atoms with E-state index >= 15 is 0 Å². The number of aliphatic carboxylic acids is 1. The van der Waals surface area contributed by atoms with Gasteiger partial charge in [-0.25, -0.2) is 0 Å². The first-order valence-electron chi connectivity index (χ1n) is 6.98. The normalized spacial score (nSPS) is 17.4. The molecule has 5 nitrogen and oxygen atoms in total. The van der Waals surface area contributed by atoms with Crippen molar-refractivity contribution in [3.8, 4) is 0 Å². The number of hydrogen-bond donors (Lipinski definition) is 2. The van der Waals surface area contributed by atoms with Crippen molar-refractivity contribution in [1.29, 1.82) is 0 Å². The molecule has 0 unspecified atom stereocenters. The van der Waals surface area contributed by atoms with E-state index in [1.807, 2.05) is 13.0 Å². The number of carboxylic acids is 1. The topological polar surface area (TPSA) is 79.3 Å². The number of nitrogens with one attached hydrogen (secondary N) is 1. The Morgan fingerprint density at radius 3 is 2.55 bits per heavy atom. The van der Waals surface area contributed by atoms with E-state index in [1.54, 1.807) is 12.3 Å². The Hall–Kier alpha value is -1.91. The van der Waals surface area contributed by atoms with Gasteiger partial charge in [0.1, 0.15) is 0 Å². The molecular formula is C15H20N2O3. The van der Waals surface area contributed by atoms with Crippen LogP contribution in [-0.2, 0) is 9.59 Å². The molecule has 1 aromatic heterocycles. The average molecular weight is 276 g/mol. The van der Waals surface area contributed by atoms with Crippen LogP contribution in [0.5, 0.6) is 0 Å². The van der Waals surface area contributed by atoms with Gasteiger partial charge in [0.2, 0.25) is 5.91 Å². The third-order valence-electron chi connectivity index (χ3n) is 3.96. The van der Waals surface area contributed by atoms with Crippen molar-refractivity contribution in [2.75, 3.05) is 5.32 Å². The van der Waals surface area contributed by atoms with Gasteiger partial charge in [-0.2, -0.15) is 0 Å². The highest BCUT2D eigenvalue weighted by Crippen LogP contribution is 2.39. The van der Waals surface area contributed by atoms with E-state index in [-0.39, 0.29) is 12.3 Å². The van der Waals surface area contributed by atoms with E-state index in [0.717, 1.165) is 25.0 Å². The molecule has 1 saturated carbocycles. The van der Waals surface area contributed by atoms with Gasteiger partial charge in [0, 0.05) is 12.1 Å². The van der Waals surface area contributed by atoms with E-state index in [4.69, 9.17) is 0 Å². The van der Waals surface area contributed by atoms with Gasteiger partial charge in [-0.15, -0.1) is 0 Å². The van der Waals surface area contributed by atoms with Crippen molar-refractivity contribution in [3.05, 3.63) is 24.0 Å². The van der Waals surface area contributed by atoms with Crippen LogP contribution >= 0.6 is 0 Å². The number of carbonyl (C=O) groups excluding carboxylic acids is 1. The summed E-state index contributed by atoms with van der Waals surface area (Å²) < 4.78 is 0. The second-order valence-electron chi connectivity index (χ2n) is 5.56. The zero-order valence-electron chi connectivity index (χ0n) is 11.7. The minimum atomic E-state index is -0.888. The molecule has 0 aliphatic heterocycles. The average Bonchev–Trinajstić information content (AvgIpc) is 2.42. The number of aromatic nitrogens is 1. The van der Waals surface area contributed by atoms with Crippen LogP contribution in [0.25, 0.3) is 0 Å². The summed E-state index contributed by atoms with van der Waals surface area (Å²) in [6.45, 7) is 1.87. The summed E-state index contributed by atoms with van der Waals surface area (Å²) in [4.78, 5) is 27.7. The molecule has 1 aliphatic carbocycles. The van der Waals surface area contributed by atoms with Crippen molar-refractivity contribution in [2.45, 2.75) is 45.4 Å². The second-order valence-corrected chi connectivity index (χ2v) is 5.56. The van der Waals surface area contributed by atoms with Crippen LogP contribution in [0.15, 0.2) is 18.3 Å². The molecule has 0 radical (unpaired) electrons. The molecule has 1 heterocycles. The van der Waals surface area contributed by atoms with Crippen LogP contribution < -0.4 is 5.32 Å². The Labute approximate surface area is 118 Å². The summed E-state index contributed by atoms with van der Waals surface area (Å²) in [5.74, 6) is -1.10. The Kier molecular flexibility index (Phi) is 4.37. The fourth-order valence-electron chi connectivity index (χ4n) is 2.75. The number of carboxylic acid groups (broad SMARTS) is 1. The Balaban J connectivity index is 2.01. The first kappa shape index (κ1) is 14.5. The number of amides is 1. The van der Waals surface area contributed by atoms with Crippen LogP contribution in [0.3, 0.4) is 0 Å². The van der Waals surface area contributed by atoms with Crippen LogP contribution in [0, 0.1) is 12.3 Å². The third kappa shape index (κ3) is 3.35. The van der Waals surface area contributed by atoms with Crippen molar-refractivity contribution in [3.63, 3.8) is 0 Å². The van der Waals surface area contributed by atoms with Crippen molar-refractivity contribution >= 4 is 17.6 Å². The highest BCUT2D eigenvalue weighted by Gasteiger charge is 2.41. The lowest BCUT2D eigenvalue weighted by Crippen LogP contribution is -2.37. The van der Waals surface area contributed by atoms with Gasteiger partial charge in [0.25, 0.3) is 0 Å². The number of nitrogens with zero attached hydrogens (tertiary/aromatic N) is 1. The zero-order valence-corrected chi connectivity index (χ0v) is 11.7. The quantitative estimate of drug-likeness (QED) is 0.886. The molecule has 0 bridgehead atoms. The summed E-state index contributed by atoms with van der Waals surface area (Å²) >= 11 is 0. The SMILES string of the molecule is Cc1ccc(NC(=O)CC2(C(=O)O)CCCCC2)cn1. The molecular weight excluding hydrogens is 256 g/mol. The molecule has 2 N–H and O–H groups in total. The molecule has 20 heavy (non-hydrogen) atoms. The molecule has 1 aromatic rings. The fourth-order valence-corrected chi connectivity index (χ4v) is 2.75. The van der Waals surface area contributed by atoms with E-state index in [2.05, 4.69) is 10.3 Å². The molecule has 2 rings (SSSR count). The Bertz CT molecular complexity index is 490. The van der Waals surface area contributed by atoms with E-state index < -0.39 is 11.4 Å². The lowest BCUT2D eigenvalue weighted by molar-refractivity contribution is -0.153. The molecule has 0 saturated heterocycles. The van der Waals surface area contributed by atoms with E-state index in [9.17, 15) is 14.7 Å². The molecule has 1 amide bonds. The van der Waals surface area contributed by atoms with Gasteiger partial charge >= 0.3 is 5.97 Å². The third-order valence-corrected chi connectivity index (χ3v) is 3.96. The summed E-state index contributed by atoms with van der Waals surface area (Å²) in [5.41, 5.74) is 0.592. The largest absolute Gasteiger partial charge is 0.481 e. The van der Waals surface area contributed by atoms with Crippen molar-refractivity contribution in [2.24, 2.45) is 5.41 Å². The lowest BCUT2D eigenvalue weighted by Gasteiger charge is -2.32. The van der Waals surface area contributed by atoms with Gasteiger partial charge in [0.05, 0.1) is 17.3 Å². The maximum Gasteiger partial charge on any atom is 0.310 e. The number of aryl methyl sites for hydroxylation is 1. The van der Waals surface area contributed by atoms with Gasteiger partial charge in [0.15, 0.2) is 0 Å². The predicted octanol–water partition coefficient (Wildman–Crippen LogP) is 2.75. The first-order valence-corrected chi connectivity index (χ1v) is 6.98. The minimum absolute atomic E-state index is 0.0379. The number of rotatable bonds is 4. The Morgan fingerprint density at radius 2 is 2.00 bits per heavy atom. The number of hydrogen-bond acceptors (Lipinski definition) is 3. The Morgan fingerprint density at radius 1 is 1.30 bits per heavy atom. The molecule has 1 aliphatic rings. The summed E-state index contributed by atoms with van der Waals surface area (Å²) in [5, 5.41) is 12.2. The highest BCUT2D eigenvalue weighted by atomic mass is 16.4. The smallest absolute Gasteiger partial charge is 0.310 e. The molecule has 0 spiro atoms. The zero-order chi connectivity index (χ0) is 14.6. The molecule has 0 atom stereocenters. The molecule has 0 aromatic carbocycles. The van der Waals surface area contributed by atoms with Crippen LogP contribution in [0.1, 0.15) is 44.2 Å². The fraction of sp³-hybridized carbons (Fsp3) is 0.533. The molecule has 108 valence electrons. The highest BCUT2D eigenvalue weighted by molar-refractivity contribution is 5.94. The predicted molar refractivity (Wildman–Crippen MR) is 75.4 cm³/mol. The minimum Gasteiger partial charge on any atom is -0.481 e. The van der Waals surface area contributed by atoms with Gasteiger partial charge < -0.3 is 10.4 Å². The van der Waals surface area contributed by atoms with Crippen LogP contribution in [-0.4, -0.2) is 22.0 Å². The van der Waals surface area contributed by atoms with E-state index in [0.29, 0.717) is 18.5 Å². The van der Waals surface area contributed by atoms with Crippen molar-refractivity contribution in [1.82, 2.24) is 4.98 Å². The van der Waals surface area contributed by atoms with Gasteiger partial charge in [-0.05, 0) is 31.9 Å². The maximum atomic E-state index is 12.1. The number of anilines is 1. The summed E-state index contributed by atoms with van der Waals surface area (Å²) in [6.07, 6.45) is 5.61. The standard InChI is InChI=1S/C15H20N2O3/c1-11-5-6-12(10-16-11)17-13(18)9-15(14(19)20)7-3-2-4-8-15/h5-6,10H,2-4,7-9H2,1H3,(H,17,18)(H,19,20). The monoisotopic (exact) mass is 276 g/mol. The summed E-state index contributed by atoms with van der Waals surface area (Å²) in [7, 11) is 0. The first-order chi connectivity index (χ1) is 9.52. The van der Waals surface area contributed by atoms with Crippen LogP contribution in [0.2, 0.25) is 0 Å². The number of pyridine rings is 1. The lowest BCUT2D eigenvalue weighted by atomic mass is 9.71.